The fourth-order valence-electron chi connectivity index (χ4n) is 2.48. The molecule has 6 nitrogen and oxygen atoms in total. The third kappa shape index (κ3) is 7.32. The Labute approximate surface area is 182 Å². The molecule has 9 heteroatoms. The van der Waals surface area contributed by atoms with Crippen LogP contribution < -0.4 is 10.5 Å². The molecule has 2 aromatic rings. The van der Waals surface area contributed by atoms with Crippen molar-refractivity contribution in [2.24, 2.45) is 10.1 Å². The van der Waals surface area contributed by atoms with Crippen molar-refractivity contribution < 1.29 is 8.42 Å². The number of aliphatic imine (C=N–C) groups is 1. The molecule has 3 N–H and O–H groups in total. The van der Waals surface area contributed by atoms with Crippen molar-refractivity contribution in [2.45, 2.75) is 22.9 Å². The Balaban J connectivity index is 0.00000364. The molecule has 0 fully saturated rings. The molecule has 0 aliphatic heterocycles. The van der Waals surface area contributed by atoms with Crippen molar-refractivity contribution in [3.05, 3.63) is 59.7 Å². The number of rotatable bonds is 6. The molecule has 0 spiro atoms. The third-order valence-corrected chi connectivity index (χ3v) is 5.48. The second kappa shape index (κ2) is 10.9. The number of thioether (sulfide) groups is 1. The van der Waals surface area contributed by atoms with Gasteiger partial charge in [0, 0.05) is 32.1 Å². The summed E-state index contributed by atoms with van der Waals surface area (Å²) in [7, 11) is -0.0268. The topological polar surface area (TPSA) is 87.8 Å². The molecule has 2 rings (SSSR count). The fraction of sp³-hybridized carbons (Fsp3) is 0.278. The molecule has 0 saturated carbocycles. The van der Waals surface area contributed by atoms with Gasteiger partial charge in [-0.05, 0) is 41.6 Å². The summed E-state index contributed by atoms with van der Waals surface area (Å²) in [6.07, 6.45) is 2.05. The lowest BCUT2D eigenvalue weighted by Crippen LogP contribution is -2.38. The first-order valence-electron chi connectivity index (χ1n) is 8.00. The van der Waals surface area contributed by atoms with Gasteiger partial charge >= 0.3 is 0 Å². The molecular formula is C18H25IN4O2S2. The minimum absolute atomic E-state index is 0. The van der Waals surface area contributed by atoms with Crippen molar-refractivity contribution in [3.8, 4) is 0 Å². The fourth-order valence-corrected chi connectivity index (χ4v) is 3.47. The zero-order chi connectivity index (χ0) is 19.2. The van der Waals surface area contributed by atoms with Crippen LogP contribution in [0, 0.1) is 0 Å². The van der Waals surface area contributed by atoms with E-state index >= 15 is 0 Å². The maximum Gasteiger partial charge on any atom is 0.238 e. The molecule has 27 heavy (non-hydrogen) atoms. The summed E-state index contributed by atoms with van der Waals surface area (Å²) in [5, 5.41) is 8.42. The summed E-state index contributed by atoms with van der Waals surface area (Å²) in [5.74, 6) is 0.722. The van der Waals surface area contributed by atoms with Crippen LogP contribution in [0.3, 0.4) is 0 Å². The zero-order valence-corrected chi connectivity index (χ0v) is 19.5. The van der Waals surface area contributed by atoms with E-state index in [0.29, 0.717) is 13.1 Å². The van der Waals surface area contributed by atoms with Gasteiger partial charge in [0.2, 0.25) is 10.0 Å². The van der Waals surface area contributed by atoms with Crippen LogP contribution in [0.2, 0.25) is 0 Å². The van der Waals surface area contributed by atoms with Crippen LogP contribution in [0.1, 0.15) is 11.1 Å². The van der Waals surface area contributed by atoms with Gasteiger partial charge in [0.25, 0.3) is 0 Å². The largest absolute Gasteiger partial charge is 0.352 e. The second-order valence-corrected chi connectivity index (χ2v) is 8.24. The molecule has 0 heterocycles. The van der Waals surface area contributed by atoms with Gasteiger partial charge in [0.15, 0.2) is 5.96 Å². The molecule has 0 bridgehead atoms. The molecule has 0 aromatic heterocycles. The van der Waals surface area contributed by atoms with Gasteiger partial charge in [0.1, 0.15) is 0 Å². The Morgan fingerprint density at radius 1 is 1.19 bits per heavy atom. The zero-order valence-electron chi connectivity index (χ0n) is 15.5. The molecule has 0 aliphatic carbocycles. The highest BCUT2D eigenvalue weighted by atomic mass is 127. The average molecular weight is 520 g/mol. The minimum atomic E-state index is -3.70. The number of primary sulfonamides is 1. The predicted octanol–water partition coefficient (Wildman–Crippen LogP) is 2.88. The molecule has 148 valence electrons. The Hall–Kier alpha value is -1.30. The maximum atomic E-state index is 11.5. The van der Waals surface area contributed by atoms with E-state index in [1.54, 1.807) is 30.9 Å². The second-order valence-electron chi connectivity index (χ2n) is 5.80. The van der Waals surface area contributed by atoms with Crippen LogP contribution in [0.5, 0.6) is 0 Å². The van der Waals surface area contributed by atoms with Crippen LogP contribution in [0.15, 0.2) is 63.3 Å². The molecule has 0 amide bonds. The number of benzene rings is 2. The standard InChI is InChI=1S/C18H24N4O2S2.HI/c1-20-18(22(2)13-14-7-9-16(25-3)10-8-14)21-12-15-5-4-6-17(11-15)26(19,23)24;/h4-11H,12-13H2,1-3H3,(H,20,21)(H2,19,23,24);1H. The highest BCUT2D eigenvalue weighted by Gasteiger charge is 2.10. The van der Waals surface area contributed by atoms with Gasteiger partial charge in [-0.25, -0.2) is 13.6 Å². The van der Waals surface area contributed by atoms with Gasteiger partial charge in [-0.3, -0.25) is 4.99 Å². The number of nitrogens with two attached hydrogens (primary N) is 1. The maximum absolute atomic E-state index is 11.5. The van der Waals surface area contributed by atoms with E-state index < -0.39 is 10.0 Å². The number of nitrogens with one attached hydrogen (secondary N) is 1. The van der Waals surface area contributed by atoms with Crippen LogP contribution >= 0.6 is 35.7 Å². The molecule has 0 unspecified atom stereocenters. The van der Waals surface area contributed by atoms with Crippen molar-refractivity contribution in [1.29, 1.82) is 0 Å². The van der Waals surface area contributed by atoms with Gasteiger partial charge in [-0.2, -0.15) is 0 Å². The summed E-state index contributed by atoms with van der Waals surface area (Å²) in [6.45, 7) is 1.16. The first-order chi connectivity index (χ1) is 12.3. The van der Waals surface area contributed by atoms with Crippen LogP contribution in [0.25, 0.3) is 0 Å². The number of hydrogen-bond donors (Lipinski definition) is 2. The molecule has 0 aliphatic rings. The van der Waals surface area contributed by atoms with E-state index in [9.17, 15) is 8.42 Å². The van der Waals surface area contributed by atoms with Crippen molar-refractivity contribution in [3.63, 3.8) is 0 Å². The van der Waals surface area contributed by atoms with E-state index in [1.807, 2.05) is 18.0 Å². The van der Waals surface area contributed by atoms with Crippen LogP contribution in [-0.2, 0) is 23.1 Å². The van der Waals surface area contributed by atoms with Crippen molar-refractivity contribution in [2.75, 3.05) is 20.4 Å². The number of sulfonamides is 1. The SMILES string of the molecule is CN=C(NCc1cccc(S(N)(=O)=O)c1)N(C)Cc1ccc(SC)cc1.I. The Morgan fingerprint density at radius 3 is 2.41 bits per heavy atom. The monoisotopic (exact) mass is 520 g/mol. The van der Waals surface area contributed by atoms with Gasteiger partial charge in [0.05, 0.1) is 4.90 Å². The Bertz CT molecular complexity index is 871. The quantitative estimate of drug-likeness (QED) is 0.265. The molecule has 2 aromatic carbocycles. The van der Waals surface area contributed by atoms with Gasteiger partial charge in [-0.15, -0.1) is 35.7 Å². The van der Waals surface area contributed by atoms with Crippen LogP contribution in [-0.4, -0.2) is 39.6 Å². The van der Waals surface area contributed by atoms with Crippen molar-refractivity contribution in [1.82, 2.24) is 10.2 Å². The summed E-state index contributed by atoms with van der Waals surface area (Å²) in [6, 6.07) is 15.0. The number of halogens is 1. The molecular weight excluding hydrogens is 495 g/mol. The lowest BCUT2D eigenvalue weighted by atomic mass is 10.2. The minimum Gasteiger partial charge on any atom is -0.352 e. The van der Waals surface area contributed by atoms with E-state index in [2.05, 4.69) is 40.8 Å². The Kier molecular flexibility index (Phi) is 9.57. The van der Waals surface area contributed by atoms with E-state index in [-0.39, 0.29) is 28.9 Å². The normalized spacial score (nSPS) is 11.6. The van der Waals surface area contributed by atoms with Crippen LogP contribution in [0.4, 0.5) is 0 Å². The molecule has 0 radical (unpaired) electrons. The first-order valence-corrected chi connectivity index (χ1v) is 10.8. The molecule has 0 saturated heterocycles. The highest BCUT2D eigenvalue weighted by molar-refractivity contribution is 14.0. The average Bonchev–Trinajstić information content (AvgIpc) is 2.62. The van der Waals surface area contributed by atoms with E-state index in [0.717, 1.165) is 11.5 Å². The highest BCUT2D eigenvalue weighted by Crippen LogP contribution is 2.15. The van der Waals surface area contributed by atoms with E-state index in [1.165, 1.54) is 16.5 Å². The first kappa shape index (κ1) is 23.7. The number of nitrogens with zero attached hydrogens (tertiary/aromatic N) is 2. The summed E-state index contributed by atoms with van der Waals surface area (Å²) in [4.78, 5) is 7.64. The number of hydrogen-bond acceptors (Lipinski definition) is 4. The summed E-state index contributed by atoms with van der Waals surface area (Å²) < 4.78 is 22.9. The number of guanidine groups is 1. The smallest absolute Gasteiger partial charge is 0.238 e. The lowest BCUT2D eigenvalue weighted by Gasteiger charge is -2.22. The predicted molar refractivity (Wildman–Crippen MR) is 123 cm³/mol. The van der Waals surface area contributed by atoms with E-state index in [4.69, 9.17) is 5.14 Å². The van der Waals surface area contributed by atoms with Crippen molar-refractivity contribution >= 4 is 51.7 Å². The van der Waals surface area contributed by atoms with Gasteiger partial charge in [-0.1, -0.05) is 24.3 Å². The summed E-state index contributed by atoms with van der Waals surface area (Å²) >= 11 is 1.71. The lowest BCUT2D eigenvalue weighted by molar-refractivity contribution is 0.476. The summed E-state index contributed by atoms with van der Waals surface area (Å²) in [5.41, 5.74) is 2.00. The van der Waals surface area contributed by atoms with Gasteiger partial charge < -0.3 is 10.2 Å². The Morgan fingerprint density at radius 2 is 1.85 bits per heavy atom. The third-order valence-electron chi connectivity index (χ3n) is 3.83. The molecule has 0 atom stereocenters.